The summed E-state index contributed by atoms with van der Waals surface area (Å²) in [5.74, 6) is -1.32. The molecule has 27 heavy (non-hydrogen) atoms. The van der Waals surface area contributed by atoms with Crippen molar-refractivity contribution in [3.8, 4) is 10.6 Å². The van der Waals surface area contributed by atoms with Crippen LogP contribution in [0.3, 0.4) is 0 Å². The summed E-state index contributed by atoms with van der Waals surface area (Å²) in [6, 6.07) is 15.0. The van der Waals surface area contributed by atoms with Crippen LogP contribution in [0, 0.1) is 5.82 Å². The monoisotopic (exact) mass is 384 g/mol. The zero-order chi connectivity index (χ0) is 19.2. The number of aromatic nitrogens is 1. The molecular weight excluding hydrogens is 367 g/mol. The third-order valence-corrected chi connectivity index (χ3v) is 4.71. The number of amides is 1. The van der Waals surface area contributed by atoms with Gasteiger partial charge in [0.2, 0.25) is 0 Å². The molecule has 0 saturated carbocycles. The van der Waals surface area contributed by atoms with Gasteiger partial charge in [-0.05, 0) is 43.3 Å². The molecule has 0 unspecified atom stereocenters. The van der Waals surface area contributed by atoms with Crippen LogP contribution in [0.2, 0.25) is 0 Å². The molecule has 0 aliphatic heterocycles. The first-order chi connectivity index (χ1) is 13.1. The smallest absolute Gasteiger partial charge is 0.358 e. The van der Waals surface area contributed by atoms with Crippen LogP contribution in [-0.4, -0.2) is 30.0 Å². The van der Waals surface area contributed by atoms with E-state index >= 15 is 0 Å². The molecule has 0 fully saturated rings. The van der Waals surface area contributed by atoms with Crippen LogP contribution in [0.4, 0.5) is 10.1 Å². The minimum absolute atomic E-state index is 0.120. The molecule has 0 N–H and O–H groups in total. The molecule has 0 aliphatic rings. The fourth-order valence-corrected chi connectivity index (χ4v) is 3.28. The maximum atomic E-state index is 13.0. The zero-order valence-electron chi connectivity index (χ0n) is 14.6. The number of anilines is 1. The number of rotatable bonds is 6. The highest BCUT2D eigenvalue weighted by Crippen LogP contribution is 2.24. The summed E-state index contributed by atoms with van der Waals surface area (Å²) >= 11 is 1.25. The normalized spacial score (nSPS) is 10.4. The first-order valence-corrected chi connectivity index (χ1v) is 9.20. The molecule has 0 spiro atoms. The Hall–Kier alpha value is -3.06. The molecule has 1 heterocycles. The Morgan fingerprint density at radius 3 is 2.48 bits per heavy atom. The number of para-hydroxylation sites is 1. The second-order valence-corrected chi connectivity index (χ2v) is 6.45. The van der Waals surface area contributed by atoms with Crippen LogP contribution >= 0.6 is 11.3 Å². The Labute approximate surface area is 160 Å². The Bertz CT molecular complexity index is 926. The van der Waals surface area contributed by atoms with Gasteiger partial charge in [0.1, 0.15) is 10.8 Å². The minimum Gasteiger partial charge on any atom is -0.451 e. The molecule has 5 nitrogen and oxygen atoms in total. The number of hydrogen-bond donors (Lipinski definition) is 0. The van der Waals surface area contributed by atoms with Gasteiger partial charge in [0.15, 0.2) is 12.3 Å². The number of carbonyl (C=O) groups excluding carboxylic acids is 2. The van der Waals surface area contributed by atoms with Crippen molar-refractivity contribution in [2.75, 3.05) is 18.1 Å². The number of carbonyl (C=O) groups is 2. The van der Waals surface area contributed by atoms with E-state index in [2.05, 4.69) is 4.98 Å². The molecule has 0 saturated heterocycles. The topological polar surface area (TPSA) is 59.5 Å². The van der Waals surface area contributed by atoms with Crippen molar-refractivity contribution >= 4 is 28.9 Å². The Morgan fingerprint density at radius 1 is 1.11 bits per heavy atom. The van der Waals surface area contributed by atoms with Crippen LogP contribution in [-0.2, 0) is 9.53 Å². The van der Waals surface area contributed by atoms with Gasteiger partial charge in [-0.3, -0.25) is 4.79 Å². The molecule has 0 radical (unpaired) electrons. The van der Waals surface area contributed by atoms with Crippen LogP contribution in [0.5, 0.6) is 0 Å². The van der Waals surface area contributed by atoms with E-state index in [1.165, 1.54) is 28.4 Å². The average Bonchev–Trinajstić information content (AvgIpc) is 3.18. The lowest BCUT2D eigenvalue weighted by molar-refractivity contribution is -0.121. The molecule has 0 bridgehead atoms. The Balaban J connectivity index is 1.62. The van der Waals surface area contributed by atoms with E-state index < -0.39 is 5.97 Å². The lowest BCUT2D eigenvalue weighted by Crippen LogP contribution is -2.34. The molecule has 2 aromatic carbocycles. The molecule has 138 valence electrons. The summed E-state index contributed by atoms with van der Waals surface area (Å²) < 4.78 is 18.1. The summed E-state index contributed by atoms with van der Waals surface area (Å²) in [6.07, 6.45) is 0. The van der Waals surface area contributed by atoms with Crippen molar-refractivity contribution in [1.29, 1.82) is 0 Å². The molecular formula is C20H17FN2O3S. The largest absolute Gasteiger partial charge is 0.451 e. The summed E-state index contributed by atoms with van der Waals surface area (Å²) in [7, 11) is 0. The second kappa shape index (κ2) is 8.55. The standard InChI is InChI=1S/C20H17FN2O3S/c1-2-23(16-6-4-3-5-7-16)18(24)12-26-20(25)17-13-27-19(22-17)14-8-10-15(21)11-9-14/h3-11,13H,2,12H2,1H3. The first kappa shape index (κ1) is 18.7. The van der Waals surface area contributed by atoms with Crippen molar-refractivity contribution in [1.82, 2.24) is 4.98 Å². The van der Waals surface area contributed by atoms with Crippen molar-refractivity contribution in [2.24, 2.45) is 0 Å². The number of thiazole rings is 1. The SMILES string of the molecule is CCN(C(=O)COC(=O)c1csc(-c2ccc(F)cc2)n1)c1ccccc1. The van der Waals surface area contributed by atoms with Gasteiger partial charge in [-0.15, -0.1) is 11.3 Å². The molecule has 0 atom stereocenters. The van der Waals surface area contributed by atoms with Crippen molar-refractivity contribution < 1.29 is 18.7 Å². The molecule has 1 amide bonds. The van der Waals surface area contributed by atoms with E-state index in [-0.39, 0.29) is 24.0 Å². The van der Waals surface area contributed by atoms with E-state index in [4.69, 9.17) is 4.74 Å². The molecule has 0 aliphatic carbocycles. The zero-order valence-corrected chi connectivity index (χ0v) is 15.4. The van der Waals surface area contributed by atoms with Crippen LogP contribution in [0.15, 0.2) is 60.0 Å². The third kappa shape index (κ3) is 4.57. The number of nitrogens with zero attached hydrogens (tertiary/aromatic N) is 2. The molecule has 1 aromatic heterocycles. The Kier molecular flexibility index (Phi) is 5.93. The van der Waals surface area contributed by atoms with E-state index in [1.54, 1.807) is 17.5 Å². The summed E-state index contributed by atoms with van der Waals surface area (Å²) in [6.45, 7) is 1.94. The average molecular weight is 384 g/mol. The minimum atomic E-state index is -0.669. The van der Waals surface area contributed by atoms with Crippen LogP contribution < -0.4 is 4.90 Å². The summed E-state index contributed by atoms with van der Waals surface area (Å²) in [4.78, 5) is 30.3. The van der Waals surface area contributed by atoms with Gasteiger partial charge in [0, 0.05) is 23.2 Å². The van der Waals surface area contributed by atoms with E-state index in [0.29, 0.717) is 17.1 Å². The van der Waals surface area contributed by atoms with Crippen LogP contribution in [0.25, 0.3) is 10.6 Å². The van der Waals surface area contributed by atoms with Crippen molar-refractivity contribution in [3.63, 3.8) is 0 Å². The number of halogens is 1. The highest BCUT2D eigenvalue weighted by Gasteiger charge is 2.18. The number of benzene rings is 2. The lowest BCUT2D eigenvalue weighted by Gasteiger charge is -2.20. The van der Waals surface area contributed by atoms with E-state index in [0.717, 1.165) is 5.69 Å². The Morgan fingerprint density at radius 2 is 1.81 bits per heavy atom. The van der Waals surface area contributed by atoms with Crippen molar-refractivity contribution in [3.05, 3.63) is 71.5 Å². The number of ether oxygens (including phenoxy) is 1. The number of likely N-dealkylation sites (N-methyl/N-ethyl adjacent to an activating group) is 1. The maximum absolute atomic E-state index is 13.0. The summed E-state index contributed by atoms with van der Waals surface area (Å²) in [5.41, 5.74) is 1.57. The van der Waals surface area contributed by atoms with Crippen molar-refractivity contribution in [2.45, 2.75) is 6.92 Å². The maximum Gasteiger partial charge on any atom is 0.358 e. The fraction of sp³-hybridized carbons (Fsp3) is 0.150. The third-order valence-electron chi connectivity index (χ3n) is 3.82. The highest BCUT2D eigenvalue weighted by molar-refractivity contribution is 7.13. The van der Waals surface area contributed by atoms with Gasteiger partial charge in [-0.2, -0.15) is 0 Å². The fourth-order valence-electron chi connectivity index (χ4n) is 2.48. The van der Waals surface area contributed by atoms with E-state index in [1.807, 2.05) is 37.3 Å². The van der Waals surface area contributed by atoms with Crippen LogP contribution in [0.1, 0.15) is 17.4 Å². The summed E-state index contributed by atoms with van der Waals surface area (Å²) in [5, 5.41) is 2.13. The predicted octanol–water partition coefficient (Wildman–Crippen LogP) is 4.16. The first-order valence-electron chi connectivity index (χ1n) is 8.32. The predicted molar refractivity (Wildman–Crippen MR) is 102 cm³/mol. The second-order valence-electron chi connectivity index (χ2n) is 5.59. The lowest BCUT2D eigenvalue weighted by atomic mass is 10.2. The number of esters is 1. The molecule has 7 heteroatoms. The van der Waals surface area contributed by atoms with Gasteiger partial charge in [-0.1, -0.05) is 18.2 Å². The van der Waals surface area contributed by atoms with Gasteiger partial charge < -0.3 is 9.64 Å². The highest BCUT2D eigenvalue weighted by atomic mass is 32.1. The van der Waals surface area contributed by atoms with Gasteiger partial charge >= 0.3 is 5.97 Å². The number of hydrogen-bond acceptors (Lipinski definition) is 5. The quantitative estimate of drug-likeness (QED) is 0.599. The van der Waals surface area contributed by atoms with Gasteiger partial charge in [-0.25, -0.2) is 14.2 Å². The van der Waals surface area contributed by atoms with Gasteiger partial charge in [0.25, 0.3) is 5.91 Å². The van der Waals surface area contributed by atoms with Gasteiger partial charge in [0.05, 0.1) is 0 Å². The molecule has 3 aromatic rings. The van der Waals surface area contributed by atoms with E-state index in [9.17, 15) is 14.0 Å². The molecule has 3 rings (SSSR count).